The van der Waals surface area contributed by atoms with E-state index in [0.29, 0.717) is 65.2 Å². The van der Waals surface area contributed by atoms with E-state index in [1.807, 2.05) is 5.01 Å². The summed E-state index contributed by atoms with van der Waals surface area (Å²) in [5.41, 5.74) is 6.37. The number of carboxylic acid groups (broad SMARTS) is 1. The molecule has 0 bridgehead atoms. The third-order valence-electron chi connectivity index (χ3n) is 11.0. The number of aliphatic hydroxyl groups is 3. The lowest BCUT2D eigenvalue weighted by Gasteiger charge is -2.42. The van der Waals surface area contributed by atoms with Gasteiger partial charge in [0.1, 0.15) is 24.4 Å². The summed E-state index contributed by atoms with van der Waals surface area (Å²) in [6, 6.07) is -0.148. The molecule has 2 saturated carbocycles. The molecule has 370 valence electrons. The molecule has 4 aliphatic rings. The highest BCUT2D eigenvalue weighted by molar-refractivity contribution is 6.31. The lowest BCUT2D eigenvalue weighted by atomic mass is 9.89. The number of alkyl halides is 5. The molecule has 0 radical (unpaired) electrons. The van der Waals surface area contributed by atoms with E-state index in [1.54, 1.807) is 0 Å². The minimum atomic E-state index is -2.97. The highest BCUT2D eigenvalue weighted by Crippen LogP contribution is 2.34. The Balaban J connectivity index is 0.903. The molecule has 2 aliphatic carbocycles. The molecule has 26 heteroatoms. The Hall–Kier alpha value is -3.15. The van der Waals surface area contributed by atoms with E-state index >= 15 is 0 Å². The molecule has 3 amide bonds. The molecule has 64 heavy (non-hydrogen) atoms. The van der Waals surface area contributed by atoms with Crippen LogP contribution in [0, 0.1) is 0 Å². The van der Waals surface area contributed by atoms with Crippen LogP contribution >= 0.6 is 0 Å². The van der Waals surface area contributed by atoms with Crippen LogP contribution in [-0.4, -0.2) is 214 Å². The molecule has 4 fully saturated rings. The van der Waals surface area contributed by atoms with Crippen LogP contribution in [0.2, 0.25) is 0 Å². The van der Waals surface area contributed by atoms with Crippen molar-refractivity contribution in [3.63, 3.8) is 0 Å². The number of amides is 3. The zero-order valence-corrected chi connectivity index (χ0v) is 35.3. The predicted molar refractivity (Wildman–Crippen MR) is 209 cm³/mol. The van der Waals surface area contributed by atoms with Gasteiger partial charge in [0.2, 0.25) is 0 Å². The van der Waals surface area contributed by atoms with Crippen molar-refractivity contribution in [1.29, 1.82) is 0 Å². The first-order valence-electron chi connectivity index (χ1n) is 21.5. The maximum atomic E-state index is 13.8. The molecule has 0 aromatic rings. The number of urea groups is 1. The smallest absolute Gasteiger partial charge is 0.394 e. The molecular weight excluding hydrogens is 875 g/mol. The van der Waals surface area contributed by atoms with Gasteiger partial charge in [0.15, 0.2) is 43.3 Å². The number of halogens is 5. The van der Waals surface area contributed by atoms with E-state index in [1.165, 1.54) is 0 Å². The van der Waals surface area contributed by atoms with Gasteiger partial charge in [0.05, 0.1) is 65.4 Å². The van der Waals surface area contributed by atoms with Gasteiger partial charge in [0, 0.05) is 38.3 Å². The summed E-state index contributed by atoms with van der Waals surface area (Å²) in [5, 5.41) is 49.5. The summed E-state index contributed by atoms with van der Waals surface area (Å²) >= 11 is 0. The number of rotatable bonds is 26. The van der Waals surface area contributed by atoms with Crippen LogP contribution in [0.1, 0.15) is 51.4 Å². The Bertz CT molecular complexity index is 1400. The van der Waals surface area contributed by atoms with Crippen LogP contribution in [-0.2, 0) is 47.5 Å². The number of esters is 1. The van der Waals surface area contributed by atoms with Crippen LogP contribution in [0.15, 0.2) is 0 Å². The van der Waals surface area contributed by atoms with Gasteiger partial charge >= 0.3 is 23.9 Å². The number of carboxylic acids is 1. The lowest BCUT2D eigenvalue weighted by Crippen LogP contribution is -2.61. The fourth-order valence-electron chi connectivity index (χ4n) is 7.30. The highest BCUT2D eigenvalue weighted by atomic mass is 19.2. The van der Waals surface area contributed by atoms with E-state index in [2.05, 4.69) is 31.6 Å². The second-order valence-corrected chi connectivity index (χ2v) is 15.8. The monoisotopic (exact) mass is 938 g/mol. The van der Waals surface area contributed by atoms with Crippen molar-refractivity contribution >= 4 is 23.9 Å². The second-order valence-electron chi connectivity index (χ2n) is 15.8. The van der Waals surface area contributed by atoms with Crippen LogP contribution in [0.25, 0.3) is 0 Å². The highest BCUT2D eigenvalue weighted by Gasteiger charge is 2.55. The van der Waals surface area contributed by atoms with E-state index in [4.69, 9.17) is 33.5 Å². The van der Waals surface area contributed by atoms with Crippen LogP contribution in [0.5, 0.6) is 0 Å². The molecule has 2 saturated heterocycles. The molecule has 0 spiro atoms. The summed E-state index contributed by atoms with van der Waals surface area (Å²) in [6.45, 7) is 3.32. The number of nitrogens with one attached hydrogen (secondary N) is 5. The fourth-order valence-corrected chi connectivity index (χ4v) is 7.30. The molecule has 0 aromatic heterocycles. The molecule has 0 aromatic carbocycles. The minimum absolute atomic E-state index is 0.0872. The molecule has 21 nitrogen and oxygen atoms in total. The maximum Gasteiger partial charge on any atom is 0.394 e. The zero-order valence-electron chi connectivity index (χ0n) is 35.3. The number of nitrogens with zero attached hydrogens (tertiary/aromatic N) is 1. The Kier molecular flexibility index (Phi) is 23.5. The third kappa shape index (κ3) is 17.6. The molecule has 9 N–H and O–H groups in total. The summed E-state index contributed by atoms with van der Waals surface area (Å²) in [6.07, 6.45) is -20.2. The topological polar surface area (TPSA) is 277 Å². The molecule has 5 unspecified atom stereocenters. The summed E-state index contributed by atoms with van der Waals surface area (Å²) in [7, 11) is 0. The molecule has 10 atom stereocenters. The number of aliphatic hydroxyl groups excluding tert-OH is 3. The number of carbonyl (C=O) groups excluding carboxylic acids is 3. The number of hydrazine groups is 2. The van der Waals surface area contributed by atoms with Gasteiger partial charge in [-0.3, -0.25) is 9.59 Å². The standard InChI is InChI=1S/C38H63F5N6O15/c39-26-27(40)29(42)34(30(43)28(26)41)64-25(50)8-11-58-13-15-60-17-18-61-16-14-59-12-10-49-20-22(47-48-49)3-1-2-9-44-38(57)46-21-4-6-23(7-5-21)62-37-33(53)32(52)31(51)24(63-37)19-45-35(54)36(55)56/h21-24,26-34,37,47-48,51-53H,1-20H2,(H,45,54)(H,55,56)(H2,44,46,57)/t21?,22?,23?,24-,26?,27?,28?,29?,30?,31-,32+,33+,34?,37+/m1/s1. The van der Waals surface area contributed by atoms with Crippen molar-refractivity contribution in [3.05, 3.63) is 0 Å². The molecule has 2 heterocycles. The molecule has 4 rings (SSSR count). The second kappa shape index (κ2) is 28.1. The van der Waals surface area contributed by atoms with Gasteiger partial charge in [-0.1, -0.05) is 6.42 Å². The first kappa shape index (κ1) is 53.5. The number of hydrogen-bond donors (Lipinski definition) is 9. The summed E-state index contributed by atoms with van der Waals surface area (Å²) < 4.78 is 105. The van der Waals surface area contributed by atoms with E-state index in [-0.39, 0.29) is 50.6 Å². The Morgan fingerprint density at radius 1 is 0.719 bits per heavy atom. The predicted octanol–water partition coefficient (Wildman–Crippen LogP) is -1.44. The molecule has 2 aliphatic heterocycles. The van der Waals surface area contributed by atoms with Gasteiger partial charge < -0.3 is 69.5 Å². The van der Waals surface area contributed by atoms with Gasteiger partial charge in [0.25, 0.3) is 0 Å². The number of unbranched alkanes of at least 4 members (excludes halogenated alkanes) is 1. The minimum Gasteiger partial charge on any atom is -0.474 e. The normalized spacial score (nSPS) is 33.4. The van der Waals surface area contributed by atoms with Crippen LogP contribution in [0.3, 0.4) is 0 Å². The molecular formula is C38H63F5N6O15. The number of carbonyl (C=O) groups is 4. The zero-order chi connectivity index (χ0) is 46.6. The summed E-state index contributed by atoms with van der Waals surface area (Å²) in [4.78, 5) is 46.4. The van der Waals surface area contributed by atoms with Gasteiger partial charge in [-0.15, -0.1) is 0 Å². The van der Waals surface area contributed by atoms with Gasteiger partial charge in [-0.05, 0) is 38.5 Å². The Morgan fingerprint density at radius 3 is 1.94 bits per heavy atom. The average Bonchev–Trinajstić information content (AvgIpc) is 3.73. The van der Waals surface area contributed by atoms with Crippen molar-refractivity contribution in [2.75, 3.05) is 79.0 Å². The van der Waals surface area contributed by atoms with Crippen molar-refractivity contribution in [2.24, 2.45) is 0 Å². The van der Waals surface area contributed by atoms with E-state index < -0.39 is 98.5 Å². The fraction of sp³-hybridized carbons (Fsp3) is 0.895. The number of hydrogen-bond acceptors (Lipinski definition) is 17. The quantitative estimate of drug-likeness (QED) is 0.0208. The number of ether oxygens (including phenoxy) is 7. The van der Waals surface area contributed by atoms with Crippen molar-refractivity contribution in [2.45, 2.75) is 137 Å². The van der Waals surface area contributed by atoms with Crippen molar-refractivity contribution in [1.82, 2.24) is 31.9 Å². The largest absolute Gasteiger partial charge is 0.474 e. The van der Waals surface area contributed by atoms with Gasteiger partial charge in [-0.25, -0.2) is 42.0 Å². The first-order valence-corrected chi connectivity index (χ1v) is 21.5. The van der Waals surface area contributed by atoms with Crippen molar-refractivity contribution in [3.8, 4) is 0 Å². The van der Waals surface area contributed by atoms with E-state index in [0.717, 1.165) is 25.8 Å². The lowest BCUT2D eigenvalue weighted by molar-refractivity contribution is -0.307. The Labute approximate surface area is 366 Å². The summed E-state index contributed by atoms with van der Waals surface area (Å²) in [5.74, 6) is -4.17. The van der Waals surface area contributed by atoms with Gasteiger partial charge in [-0.2, -0.15) is 5.53 Å². The van der Waals surface area contributed by atoms with Crippen LogP contribution in [0.4, 0.5) is 26.7 Å². The first-order chi connectivity index (χ1) is 30.7. The van der Waals surface area contributed by atoms with Crippen molar-refractivity contribution < 1.29 is 94.7 Å². The van der Waals surface area contributed by atoms with E-state index in [9.17, 15) is 56.4 Å². The van der Waals surface area contributed by atoms with Crippen LogP contribution < -0.4 is 26.9 Å². The number of aliphatic carboxylic acids is 1. The Morgan fingerprint density at radius 2 is 1.31 bits per heavy atom. The SMILES string of the molecule is O=C(NCCCCC1CN(CCOCCOCCOCCOCCC(=O)OC2C(F)C(F)C(F)C(F)C2F)NN1)NC1CCC(O[C@H]2O[C@H](CNC(=O)C(=O)O)[C@@H](O)[C@H](O)[C@@H]2O)CC1. The maximum absolute atomic E-state index is 13.8. The third-order valence-corrected chi connectivity index (χ3v) is 11.0. The average molecular weight is 939 g/mol.